The molecule has 0 bridgehead atoms. The number of aryl methyl sites for hydroxylation is 1. The Bertz CT molecular complexity index is 388. The lowest BCUT2D eigenvalue weighted by Gasteiger charge is -2.17. The third-order valence-electron chi connectivity index (χ3n) is 3.48. The van der Waals surface area contributed by atoms with Gasteiger partial charge in [0.15, 0.2) is 0 Å². The number of benzene rings is 1. The summed E-state index contributed by atoms with van der Waals surface area (Å²) in [5, 5.41) is 12.3. The number of nitrogens with one attached hydrogen (secondary N) is 1. The molecule has 0 amide bonds. The van der Waals surface area contributed by atoms with E-state index in [2.05, 4.69) is 5.32 Å². The molecule has 0 aliphatic carbocycles. The first-order valence-corrected chi connectivity index (χ1v) is 6.87. The van der Waals surface area contributed by atoms with E-state index in [1.807, 2.05) is 30.3 Å². The molecule has 0 saturated carbocycles. The number of rotatable bonds is 7. The van der Waals surface area contributed by atoms with Gasteiger partial charge in [0.2, 0.25) is 0 Å². The summed E-state index contributed by atoms with van der Waals surface area (Å²) in [7, 11) is 0. The number of aliphatic carboxylic acids is 1. The Morgan fingerprint density at radius 3 is 2.84 bits per heavy atom. The zero-order valence-corrected chi connectivity index (χ0v) is 11.0. The summed E-state index contributed by atoms with van der Waals surface area (Å²) in [6.45, 7) is 1.43. The van der Waals surface area contributed by atoms with E-state index in [1.165, 1.54) is 5.56 Å². The zero-order chi connectivity index (χ0) is 13.5. The minimum Gasteiger partial charge on any atom is -0.480 e. The van der Waals surface area contributed by atoms with Crippen LogP contribution in [0.25, 0.3) is 0 Å². The molecule has 104 valence electrons. The average molecular weight is 263 g/mol. The molecule has 2 unspecified atom stereocenters. The smallest absolute Gasteiger partial charge is 0.320 e. The van der Waals surface area contributed by atoms with E-state index >= 15 is 0 Å². The number of hydrogen-bond donors (Lipinski definition) is 2. The third kappa shape index (κ3) is 4.65. The second-order valence-corrected chi connectivity index (χ2v) is 4.96. The molecule has 0 spiro atoms. The molecule has 2 atom stereocenters. The molecule has 19 heavy (non-hydrogen) atoms. The second kappa shape index (κ2) is 7.26. The summed E-state index contributed by atoms with van der Waals surface area (Å²) in [5.41, 5.74) is 1.17. The van der Waals surface area contributed by atoms with Crippen molar-refractivity contribution in [3.8, 4) is 0 Å². The summed E-state index contributed by atoms with van der Waals surface area (Å²) in [6.07, 6.45) is 3.66. The summed E-state index contributed by atoms with van der Waals surface area (Å²) in [4.78, 5) is 11.2. The van der Waals surface area contributed by atoms with Crippen molar-refractivity contribution < 1.29 is 14.6 Å². The molecule has 0 aromatic heterocycles. The molecule has 4 heteroatoms. The van der Waals surface area contributed by atoms with Gasteiger partial charge in [0.25, 0.3) is 0 Å². The average Bonchev–Trinajstić information content (AvgIpc) is 2.92. The van der Waals surface area contributed by atoms with E-state index < -0.39 is 12.0 Å². The molecular formula is C15H21NO3. The maximum Gasteiger partial charge on any atom is 0.320 e. The molecule has 0 radical (unpaired) electrons. The first-order valence-electron chi connectivity index (χ1n) is 6.87. The van der Waals surface area contributed by atoms with Crippen LogP contribution in [-0.2, 0) is 16.0 Å². The monoisotopic (exact) mass is 263 g/mol. The molecular weight excluding hydrogens is 242 g/mol. The lowest BCUT2D eigenvalue weighted by Crippen LogP contribution is -2.41. The fraction of sp³-hybridized carbons (Fsp3) is 0.533. The van der Waals surface area contributed by atoms with E-state index in [-0.39, 0.29) is 6.10 Å². The van der Waals surface area contributed by atoms with Gasteiger partial charge in [-0.1, -0.05) is 30.3 Å². The molecule has 2 N–H and O–H groups in total. The second-order valence-electron chi connectivity index (χ2n) is 4.96. The SMILES string of the molecule is O=C(O)C(CCc1ccccc1)NCC1CCCO1. The maximum absolute atomic E-state index is 11.2. The Balaban J connectivity index is 1.77. The number of hydrogen-bond acceptors (Lipinski definition) is 3. The van der Waals surface area contributed by atoms with Gasteiger partial charge in [-0.3, -0.25) is 4.79 Å². The molecule has 1 fully saturated rings. The van der Waals surface area contributed by atoms with Crippen LogP contribution in [0.4, 0.5) is 0 Å². The van der Waals surface area contributed by atoms with Crippen LogP contribution in [0.2, 0.25) is 0 Å². The van der Waals surface area contributed by atoms with Gasteiger partial charge >= 0.3 is 5.97 Å². The van der Waals surface area contributed by atoms with Gasteiger partial charge in [-0.15, -0.1) is 0 Å². The largest absolute Gasteiger partial charge is 0.480 e. The van der Waals surface area contributed by atoms with Crippen LogP contribution in [0.3, 0.4) is 0 Å². The predicted octanol–water partition coefficient (Wildman–Crippen LogP) is 1.84. The number of carboxylic acids is 1. The van der Waals surface area contributed by atoms with Crippen molar-refractivity contribution in [2.45, 2.75) is 37.8 Å². The van der Waals surface area contributed by atoms with Crippen molar-refractivity contribution in [2.75, 3.05) is 13.2 Å². The van der Waals surface area contributed by atoms with Crippen molar-refractivity contribution in [2.24, 2.45) is 0 Å². The first-order chi connectivity index (χ1) is 9.25. The van der Waals surface area contributed by atoms with E-state index in [1.54, 1.807) is 0 Å². The van der Waals surface area contributed by atoms with Gasteiger partial charge in [0.05, 0.1) is 6.10 Å². The van der Waals surface area contributed by atoms with Gasteiger partial charge in [0, 0.05) is 13.2 Å². The quantitative estimate of drug-likeness (QED) is 0.788. The fourth-order valence-electron chi connectivity index (χ4n) is 2.35. The number of carboxylic acid groups (broad SMARTS) is 1. The summed E-state index contributed by atoms with van der Waals surface area (Å²) >= 11 is 0. The highest BCUT2D eigenvalue weighted by molar-refractivity contribution is 5.73. The lowest BCUT2D eigenvalue weighted by molar-refractivity contribution is -0.139. The molecule has 1 aromatic rings. The molecule has 1 aliphatic heterocycles. The van der Waals surface area contributed by atoms with Crippen molar-refractivity contribution in [3.05, 3.63) is 35.9 Å². The number of ether oxygens (including phenoxy) is 1. The minimum atomic E-state index is -0.783. The number of carbonyl (C=O) groups is 1. The van der Waals surface area contributed by atoms with E-state index in [9.17, 15) is 9.90 Å². The highest BCUT2D eigenvalue weighted by Crippen LogP contribution is 2.11. The van der Waals surface area contributed by atoms with E-state index in [0.717, 1.165) is 25.9 Å². The van der Waals surface area contributed by atoms with Crippen molar-refractivity contribution in [3.63, 3.8) is 0 Å². The predicted molar refractivity (Wildman–Crippen MR) is 73.2 cm³/mol. The van der Waals surface area contributed by atoms with Gasteiger partial charge in [-0.05, 0) is 31.2 Å². The molecule has 2 rings (SSSR count). The van der Waals surface area contributed by atoms with Crippen LogP contribution in [-0.4, -0.2) is 36.4 Å². The Labute approximate surface area is 113 Å². The summed E-state index contributed by atoms with van der Waals surface area (Å²) in [6, 6.07) is 9.48. The Morgan fingerprint density at radius 2 is 2.21 bits per heavy atom. The highest BCUT2D eigenvalue weighted by atomic mass is 16.5. The highest BCUT2D eigenvalue weighted by Gasteiger charge is 2.21. The molecule has 1 aromatic carbocycles. The maximum atomic E-state index is 11.2. The van der Waals surface area contributed by atoms with E-state index in [0.29, 0.717) is 13.0 Å². The molecule has 1 aliphatic rings. The van der Waals surface area contributed by atoms with Crippen molar-refractivity contribution in [1.82, 2.24) is 5.32 Å². The Morgan fingerprint density at radius 1 is 1.42 bits per heavy atom. The normalized spacial score (nSPS) is 20.3. The van der Waals surface area contributed by atoms with Crippen LogP contribution in [0.15, 0.2) is 30.3 Å². The van der Waals surface area contributed by atoms with Crippen LogP contribution < -0.4 is 5.32 Å². The first kappa shape index (κ1) is 14.0. The Hall–Kier alpha value is -1.39. The van der Waals surface area contributed by atoms with Gasteiger partial charge in [-0.2, -0.15) is 0 Å². The summed E-state index contributed by atoms with van der Waals surface area (Å²) in [5.74, 6) is -0.783. The topological polar surface area (TPSA) is 58.6 Å². The third-order valence-corrected chi connectivity index (χ3v) is 3.48. The van der Waals surface area contributed by atoms with Gasteiger partial charge in [-0.25, -0.2) is 0 Å². The zero-order valence-electron chi connectivity index (χ0n) is 11.0. The van der Waals surface area contributed by atoms with Crippen molar-refractivity contribution >= 4 is 5.97 Å². The van der Waals surface area contributed by atoms with Crippen LogP contribution in [0.5, 0.6) is 0 Å². The fourth-order valence-corrected chi connectivity index (χ4v) is 2.35. The van der Waals surface area contributed by atoms with Crippen LogP contribution >= 0.6 is 0 Å². The Kier molecular flexibility index (Phi) is 5.36. The van der Waals surface area contributed by atoms with Crippen molar-refractivity contribution in [1.29, 1.82) is 0 Å². The molecule has 1 heterocycles. The summed E-state index contributed by atoms with van der Waals surface area (Å²) < 4.78 is 5.49. The molecule has 1 saturated heterocycles. The van der Waals surface area contributed by atoms with Crippen LogP contribution in [0, 0.1) is 0 Å². The van der Waals surface area contributed by atoms with E-state index in [4.69, 9.17) is 4.74 Å². The standard InChI is InChI=1S/C15H21NO3/c17-15(18)14(16-11-13-7-4-10-19-13)9-8-12-5-2-1-3-6-12/h1-3,5-6,13-14,16H,4,7-11H2,(H,17,18). The van der Waals surface area contributed by atoms with Gasteiger partial charge < -0.3 is 15.2 Å². The van der Waals surface area contributed by atoms with Gasteiger partial charge in [0.1, 0.15) is 6.04 Å². The van der Waals surface area contributed by atoms with Crippen LogP contribution in [0.1, 0.15) is 24.8 Å². The minimum absolute atomic E-state index is 0.179. The molecule has 4 nitrogen and oxygen atoms in total. The lowest BCUT2D eigenvalue weighted by atomic mass is 10.1.